The smallest absolute Gasteiger partial charge is 0.212 e. The van der Waals surface area contributed by atoms with Gasteiger partial charge in [0.1, 0.15) is 10.5 Å². The SMILES string of the molecule is [O-][n+]1ccc2sc(-c3ccc(F)nc3)nc2c1. The van der Waals surface area contributed by atoms with E-state index in [2.05, 4.69) is 9.97 Å². The van der Waals surface area contributed by atoms with Crippen molar-refractivity contribution in [2.75, 3.05) is 0 Å². The second-order valence-electron chi connectivity index (χ2n) is 3.44. The molecular weight excluding hydrogens is 241 g/mol. The van der Waals surface area contributed by atoms with Gasteiger partial charge in [-0.25, -0.2) is 9.97 Å². The zero-order valence-electron chi connectivity index (χ0n) is 8.50. The van der Waals surface area contributed by atoms with E-state index in [1.165, 1.54) is 36.0 Å². The van der Waals surface area contributed by atoms with Crippen molar-refractivity contribution in [2.45, 2.75) is 0 Å². The highest BCUT2D eigenvalue weighted by Gasteiger charge is 2.08. The van der Waals surface area contributed by atoms with Crippen molar-refractivity contribution in [2.24, 2.45) is 0 Å². The van der Waals surface area contributed by atoms with Gasteiger partial charge in [-0.15, -0.1) is 11.3 Å². The number of nitrogens with zero attached hydrogens (tertiary/aromatic N) is 3. The Kier molecular flexibility index (Phi) is 2.22. The standard InChI is InChI=1S/C11H6FN3OS/c12-10-2-1-7(5-13-10)11-14-8-6-15(16)4-3-9(8)17-11/h1-6H. The van der Waals surface area contributed by atoms with Crippen LogP contribution in [0.1, 0.15) is 0 Å². The molecule has 0 unspecified atom stereocenters. The van der Waals surface area contributed by atoms with Crippen molar-refractivity contribution < 1.29 is 9.12 Å². The van der Waals surface area contributed by atoms with E-state index < -0.39 is 5.95 Å². The lowest BCUT2D eigenvalue weighted by atomic mass is 10.3. The molecular formula is C11H6FN3OS. The zero-order chi connectivity index (χ0) is 11.8. The quantitative estimate of drug-likeness (QED) is 0.376. The van der Waals surface area contributed by atoms with Gasteiger partial charge in [0.2, 0.25) is 12.1 Å². The first-order valence-electron chi connectivity index (χ1n) is 4.84. The summed E-state index contributed by atoms with van der Waals surface area (Å²) < 4.78 is 14.3. The van der Waals surface area contributed by atoms with E-state index in [0.717, 1.165) is 15.3 Å². The summed E-state index contributed by atoms with van der Waals surface area (Å²) in [5.74, 6) is -0.521. The molecule has 0 aromatic carbocycles. The first-order valence-corrected chi connectivity index (χ1v) is 5.65. The lowest BCUT2D eigenvalue weighted by molar-refractivity contribution is -0.603. The van der Waals surface area contributed by atoms with Crippen LogP contribution in [0.4, 0.5) is 4.39 Å². The molecule has 0 saturated carbocycles. The van der Waals surface area contributed by atoms with Crippen molar-refractivity contribution in [3.8, 4) is 10.6 Å². The normalized spacial score (nSPS) is 10.9. The Labute approximate surface area is 99.6 Å². The average Bonchev–Trinajstić information content (AvgIpc) is 2.72. The molecule has 0 N–H and O–H groups in total. The monoisotopic (exact) mass is 247 g/mol. The van der Waals surface area contributed by atoms with Gasteiger partial charge in [0, 0.05) is 17.8 Å². The molecule has 17 heavy (non-hydrogen) atoms. The van der Waals surface area contributed by atoms with E-state index in [0.29, 0.717) is 10.2 Å². The van der Waals surface area contributed by atoms with Gasteiger partial charge in [0.15, 0.2) is 6.20 Å². The first-order chi connectivity index (χ1) is 8.22. The molecule has 6 heteroatoms. The summed E-state index contributed by atoms with van der Waals surface area (Å²) in [5, 5.41) is 11.8. The molecule has 4 nitrogen and oxygen atoms in total. The van der Waals surface area contributed by atoms with E-state index >= 15 is 0 Å². The van der Waals surface area contributed by atoms with Gasteiger partial charge >= 0.3 is 0 Å². The van der Waals surface area contributed by atoms with E-state index in [1.807, 2.05) is 0 Å². The molecule has 0 aliphatic rings. The maximum absolute atomic E-state index is 12.7. The average molecular weight is 247 g/mol. The summed E-state index contributed by atoms with van der Waals surface area (Å²) in [5.41, 5.74) is 1.37. The van der Waals surface area contributed by atoms with Crippen LogP contribution in [0.25, 0.3) is 20.8 Å². The summed E-state index contributed by atoms with van der Waals surface area (Å²) in [4.78, 5) is 7.88. The lowest BCUT2D eigenvalue weighted by Gasteiger charge is -1.93. The van der Waals surface area contributed by atoms with Crippen LogP contribution in [0, 0.1) is 11.2 Å². The van der Waals surface area contributed by atoms with Gasteiger partial charge in [-0.3, -0.25) is 0 Å². The number of aromatic nitrogens is 3. The Bertz CT molecular complexity index is 681. The van der Waals surface area contributed by atoms with Gasteiger partial charge in [-0.05, 0) is 12.1 Å². The van der Waals surface area contributed by atoms with Crippen molar-refractivity contribution in [3.63, 3.8) is 0 Å². The Morgan fingerprint density at radius 1 is 1.29 bits per heavy atom. The topological polar surface area (TPSA) is 52.7 Å². The van der Waals surface area contributed by atoms with Gasteiger partial charge in [0.05, 0.1) is 4.70 Å². The Morgan fingerprint density at radius 3 is 2.94 bits per heavy atom. The molecule has 3 heterocycles. The number of halogens is 1. The number of fused-ring (bicyclic) bond motifs is 1. The van der Waals surface area contributed by atoms with Gasteiger partial charge in [-0.1, -0.05) is 0 Å². The molecule has 3 aromatic heterocycles. The molecule has 84 valence electrons. The van der Waals surface area contributed by atoms with E-state index in [4.69, 9.17) is 0 Å². The Hall–Kier alpha value is -2.08. The van der Waals surface area contributed by atoms with Crippen LogP contribution in [0.2, 0.25) is 0 Å². The number of thiazole rings is 1. The highest BCUT2D eigenvalue weighted by Crippen LogP contribution is 2.28. The zero-order valence-corrected chi connectivity index (χ0v) is 9.32. The lowest BCUT2D eigenvalue weighted by Crippen LogP contribution is -2.23. The summed E-state index contributed by atoms with van der Waals surface area (Å²) in [6, 6.07) is 4.61. The van der Waals surface area contributed by atoms with Crippen molar-refractivity contribution in [1.29, 1.82) is 0 Å². The number of hydrogen-bond donors (Lipinski definition) is 0. The number of rotatable bonds is 1. The third-order valence-corrected chi connectivity index (χ3v) is 3.36. The van der Waals surface area contributed by atoms with E-state index in [-0.39, 0.29) is 0 Å². The highest BCUT2D eigenvalue weighted by atomic mass is 32.1. The van der Waals surface area contributed by atoms with Crippen molar-refractivity contribution >= 4 is 21.6 Å². The molecule has 0 atom stereocenters. The Balaban J connectivity index is 2.14. The molecule has 0 aliphatic heterocycles. The Morgan fingerprint density at radius 2 is 2.18 bits per heavy atom. The van der Waals surface area contributed by atoms with Crippen LogP contribution < -0.4 is 4.73 Å². The highest BCUT2D eigenvalue weighted by molar-refractivity contribution is 7.21. The summed E-state index contributed by atoms with van der Waals surface area (Å²) in [7, 11) is 0. The van der Waals surface area contributed by atoms with Crippen LogP contribution in [0.15, 0.2) is 36.8 Å². The van der Waals surface area contributed by atoms with Crippen molar-refractivity contribution in [1.82, 2.24) is 9.97 Å². The van der Waals surface area contributed by atoms with Gasteiger partial charge < -0.3 is 5.21 Å². The van der Waals surface area contributed by atoms with E-state index in [1.54, 1.807) is 12.1 Å². The molecule has 3 aromatic rings. The van der Waals surface area contributed by atoms with Crippen LogP contribution in [0.5, 0.6) is 0 Å². The molecule has 0 bridgehead atoms. The number of pyridine rings is 2. The third kappa shape index (κ3) is 1.83. The number of hydrogen-bond acceptors (Lipinski definition) is 4. The molecule has 3 rings (SSSR count). The van der Waals surface area contributed by atoms with Crippen LogP contribution >= 0.6 is 11.3 Å². The largest absolute Gasteiger partial charge is 0.619 e. The minimum atomic E-state index is -0.521. The van der Waals surface area contributed by atoms with Crippen molar-refractivity contribution in [3.05, 3.63) is 47.9 Å². The molecule has 0 radical (unpaired) electrons. The molecule has 0 amide bonds. The van der Waals surface area contributed by atoms with Gasteiger partial charge in [0.25, 0.3) is 0 Å². The second kappa shape index (κ2) is 3.74. The maximum Gasteiger partial charge on any atom is 0.212 e. The van der Waals surface area contributed by atoms with Crippen LogP contribution in [0.3, 0.4) is 0 Å². The molecule has 0 fully saturated rings. The van der Waals surface area contributed by atoms with Crippen LogP contribution in [-0.2, 0) is 0 Å². The minimum absolute atomic E-state index is 0.521. The first kappa shape index (κ1) is 10.1. The summed E-state index contributed by atoms with van der Waals surface area (Å²) in [6.07, 6.45) is 4.26. The predicted molar refractivity (Wildman–Crippen MR) is 61.8 cm³/mol. The molecule has 0 saturated heterocycles. The molecule has 0 spiro atoms. The molecule has 0 aliphatic carbocycles. The predicted octanol–water partition coefficient (Wildman–Crippen LogP) is 2.13. The van der Waals surface area contributed by atoms with Gasteiger partial charge in [-0.2, -0.15) is 9.12 Å². The third-order valence-electron chi connectivity index (χ3n) is 2.28. The minimum Gasteiger partial charge on any atom is -0.619 e. The fourth-order valence-corrected chi connectivity index (χ4v) is 2.41. The second-order valence-corrected chi connectivity index (χ2v) is 4.47. The fourth-order valence-electron chi connectivity index (χ4n) is 1.49. The van der Waals surface area contributed by atoms with Crippen LogP contribution in [-0.4, -0.2) is 9.97 Å². The summed E-state index contributed by atoms with van der Waals surface area (Å²) >= 11 is 1.44. The van der Waals surface area contributed by atoms with E-state index in [9.17, 15) is 9.60 Å². The fraction of sp³-hybridized carbons (Fsp3) is 0. The summed E-state index contributed by atoms with van der Waals surface area (Å²) in [6.45, 7) is 0. The maximum atomic E-state index is 12.7.